The van der Waals surface area contributed by atoms with Gasteiger partial charge >= 0.3 is 6.03 Å². The fourth-order valence-corrected chi connectivity index (χ4v) is 4.35. The fourth-order valence-electron chi connectivity index (χ4n) is 2.57. The molecule has 0 radical (unpaired) electrons. The molecule has 124 valence electrons. The molecule has 0 spiro atoms. The molecule has 2 atom stereocenters. The first-order chi connectivity index (χ1) is 10.3. The number of carbonyl (C=O) groups is 1. The van der Waals surface area contributed by atoms with Gasteiger partial charge in [-0.1, -0.05) is 0 Å². The topological polar surface area (TPSA) is 82.9 Å². The molecule has 0 saturated carbocycles. The van der Waals surface area contributed by atoms with Crippen LogP contribution >= 0.6 is 0 Å². The van der Waals surface area contributed by atoms with Crippen molar-refractivity contribution < 1.29 is 17.6 Å². The third-order valence-corrected chi connectivity index (χ3v) is 5.77. The number of amides is 2. The van der Waals surface area contributed by atoms with Crippen LogP contribution < -0.4 is 5.32 Å². The summed E-state index contributed by atoms with van der Waals surface area (Å²) in [6.07, 6.45) is 2.10. The lowest BCUT2D eigenvalue weighted by atomic mass is 10.2. The minimum Gasteiger partial charge on any atom is -0.468 e. The molecule has 1 aromatic rings. The van der Waals surface area contributed by atoms with E-state index in [0.717, 1.165) is 5.76 Å². The van der Waals surface area contributed by atoms with E-state index in [1.54, 1.807) is 13.3 Å². The van der Waals surface area contributed by atoms with Gasteiger partial charge in [-0.3, -0.25) is 4.90 Å². The van der Waals surface area contributed by atoms with E-state index in [0.29, 0.717) is 13.0 Å². The van der Waals surface area contributed by atoms with Gasteiger partial charge in [0.1, 0.15) is 5.76 Å². The molecule has 7 nitrogen and oxygen atoms in total. The van der Waals surface area contributed by atoms with Crippen molar-refractivity contribution in [3.8, 4) is 0 Å². The van der Waals surface area contributed by atoms with Crippen LogP contribution in [0, 0.1) is 0 Å². The Morgan fingerprint density at radius 1 is 1.45 bits per heavy atom. The van der Waals surface area contributed by atoms with Crippen LogP contribution in [-0.2, 0) is 9.84 Å². The molecule has 0 unspecified atom stereocenters. The third-order valence-electron chi connectivity index (χ3n) is 4.02. The monoisotopic (exact) mass is 329 g/mol. The number of nitrogens with one attached hydrogen (secondary N) is 1. The van der Waals surface area contributed by atoms with E-state index in [1.807, 2.05) is 31.1 Å². The van der Waals surface area contributed by atoms with Crippen molar-refractivity contribution in [2.75, 3.05) is 39.2 Å². The molecule has 2 rings (SSSR count). The van der Waals surface area contributed by atoms with Crippen LogP contribution in [0.15, 0.2) is 22.8 Å². The zero-order chi connectivity index (χ0) is 16.3. The number of hydrogen-bond acceptors (Lipinski definition) is 5. The molecule has 1 saturated heterocycles. The minimum absolute atomic E-state index is 0.0478. The highest BCUT2D eigenvalue weighted by atomic mass is 32.2. The van der Waals surface area contributed by atoms with Crippen LogP contribution in [0.4, 0.5) is 4.79 Å². The Bertz CT molecular complexity index is 598. The van der Waals surface area contributed by atoms with Crippen molar-refractivity contribution in [3.63, 3.8) is 0 Å². The first-order valence-electron chi connectivity index (χ1n) is 7.21. The standard InChI is InChI=1S/C14H23N3O4S/c1-16(2)12(13-5-4-7-21-13)9-15-14(18)17(3)11-6-8-22(19,20)10-11/h4-5,7,11-12H,6,8-10H2,1-3H3,(H,15,18)/t11-,12-/m1/s1. The molecule has 2 amide bonds. The van der Waals surface area contributed by atoms with Gasteiger partial charge in [-0.25, -0.2) is 13.2 Å². The number of furan rings is 1. The van der Waals surface area contributed by atoms with Gasteiger partial charge in [0.25, 0.3) is 0 Å². The predicted octanol–water partition coefficient (Wildman–Crippen LogP) is 0.711. The van der Waals surface area contributed by atoms with Crippen LogP contribution in [0.2, 0.25) is 0 Å². The molecule has 1 aromatic heterocycles. The van der Waals surface area contributed by atoms with Gasteiger partial charge in [-0.05, 0) is 32.6 Å². The van der Waals surface area contributed by atoms with Gasteiger partial charge in [0, 0.05) is 19.6 Å². The van der Waals surface area contributed by atoms with E-state index in [-0.39, 0.29) is 29.6 Å². The van der Waals surface area contributed by atoms with E-state index < -0.39 is 9.84 Å². The number of likely N-dealkylation sites (N-methyl/N-ethyl adjacent to an activating group) is 1. The maximum atomic E-state index is 12.2. The van der Waals surface area contributed by atoms with Crippen LogP contribution in [0.1, 0.15) is 18.2 Å². The second kappa shape index (κ2) is 6.70. The van der Waals surface area contributed by atoms with Crippen molar-refractivity contribution in [2.45, 2.75) is 18.5 Å². The summed E-state index contributed by atoms with van der Waals surface area (Å²) >= 11 is 0. The molecule has 1 fully saturated rings. The minimum atomic E-state index is -3.00. The van der Waals surface area contributed by atoms with Crippen LogP contribution in [0.3, 0.4) is 0 Å². The average molecular weight is 329 g/mol. The number of urea groups is 1. The zero-order valence-corrected chi connectivity index (χ0v) is 14.0. The number of sulfone groups is 1. The van der Waals surface area contributed by atoms with Gasteiger partial charge in [-0.15, -0.1) is 0 Å². The third kappa shape index (κ3) is 4.01. The Balaban J connectivity index is 1.91. The van der Waals surface area contributed by atoms with Gasteiger partial charge in [0.15, 0.2) is 9.84 Å². The lowest BCUT2D eigenvalue weighted by molar-refractivity contribution is 0.187. The lowest BCUT2D eigenvalue weighted by Gasteiger charge is -2.27. The maximum Gasteiger partial charge on any atom is 0.317 e. The average Bonchev–Trinajstić information content (AvgIpc) is 3.07. The highest BCUT2D eigenvalue weighted by Gasteiger charge is 2.33. The van der Waals surface area contributed by atoms with Crippen molar-refractivity contribution in [2.24, 2.45) is 0 Å². The molecule has 1 aliphatic rings. The quantitative estimate of drug-likeness (QED) is 0.860. The fraction of sp³-hybridized carbons (Fsp3) is 0.643. The zero-order valence-electron chi connectivity index (χ0n) is 13.2. The van der Waals surface area contributed by atoms with Gasteiger partial charge in [0.05, 0.1) is 23.8 Å². The molecule has 8 heteroatoms. The van der Waals surface area contributed by atoms with E-state index in [9.17, 15) is 13.2 Å². The number of nitrogens with zero attached hydrogens (tertiary/aromatic N) is 2. The molecule has 1 N–H and O–H groups in total. The molecule has 1 aliphatic heterocycles. The Morgan fingerprint density at radius 2 is 2.18 bits per heavy atom. The van der Waals surface area contributed by atoms with E-state index >= 15 is 0 Å². The Hall–Kier alpha value is -1.54. The first-order valence-corrected chi connectivity index (χ1v) is 9.03. The van der Waals surface area contributed by atoms with Crippen LogP contribution in [0.25, 0.3) is 0 Å². The van der Waals surface area contributed by atoms with Crippen molar-refractivity contribution >= 4 is 15.9 Å². The molecular formula is C14H23N3O4S. The van der Waals surface area contributed by atoms with Gasteiger partial charge < -0.3 is 14.6 Å². The van der Waals surface area contributed by atoms with Gasteiger partial charge in [-0.2, -0.15) is 0 Å². The maximum absolute atomic E-state index is 12.2. The smallest absolute Gasteiger partial charge is 0.317 e. The number of hydrogen-bond donors (Lipinski definition) is 1. The number of rotatable bonds is 5. The lowest BCUT2D eigenvalue weighted by Crippen LogP contribution is -2.46. The Kier molecular flexibility index (Phi) is 5.12. The Morgan fingerprint density at radius 3 is 2.68 bits per heavy atom. The second-order valence-corrected chi connectivity index (χ2v) is 8.08. The summed E-state index contributed by atoms with van der Waals surface area (Å²) < 4.78 is 28.4. The summed E-state index contributed by atoms with van der Waals surface area (Å²) in [5.41, 5.74) is 0. The first kappa shape index (κ1) is 16.8. The predicted molar refractivity (Wildman–Crippen MR) is 83.4 cm³/mol. The van der Waals surface area contributed by atoms with Crippen LogP contribution in [0.5, 0.6) is 0 Å². The van der Waals surface area contributed by atoms with E-state index in [4.69, 9.17) is 4.42 Å². The van der Waals surface area contributed by atoms with Crippen molar-refractivity contribution in [3.05, 3.63) is 24.2 Å². The summed E-state index contributed by atoms with van der Waals surface area (Å²) in [6.45, 7) is 0.392. The second-order valence-electron chi connectivity index (χ2n) is 5.85. The summed E-state index contributed by atoms with van der Waals surface area (Å²) in [7, 11) is 2.46. The normalized spacial score (nSPS) is 21.7. The van der Waals surface area contributed by atoms with Gasteiger partial charge in [0.2, 0.25) is 0 Å². The van der Waals surface area contributed by atoms with Crippen LogP contribution in [-0.4, -0.2) is 69.5 Å². The molecular weight excluding hydrogens is 306 g/mol. The van der Waals surface area contributed by atoms with E-state index in [2.05, 4.69) is 5.32 Å². The molecule has 2 heterocycles. The summed E-state index contributed by atoms with van der Waals surface area (Å²) in [6, 6.07) is 3.10. The molecule has 0 aliphatic carbocycles. The Labute approximate surface area is 131 Å². The van der Waals surface area contributed by atoms with E-state index in [1.165, 1.54) is 4.90 Å². The summed E-state index contributed by atoms with van der Waals surface area (Å²) in [4.78, 5) is 15.7. The number of carbonyl (C=O) groups excluding carboxylic acids is 1. The SMILES string of the molecule is CN(C)[C@H](CNC(=O)N(C)[C@@H]1CCS(=O)(=O)C1)c1ccco1. The summed E-state index contributed by atoms with van der Waals surface area (Å²) in [5.74, 6) is 0.977. The summed E-state index contributed by atoms with van der Waals surface area (Å²) in [5, 5.41) is 2.85. The molecule has 0 bridgehead atoms. The highest BCUT2D eigenvalue weighted by Crippen LogP contribution is 2.19. The molecule has 22 heavy (non-hydrogen) atoms. The largest absolute Gasteiger partial charge is 0.468 e. The molecule has 0 aromatic carbocycles. The van der Waals surface area contributed by atoms with Crippen molar-refractivity contribution in [1.82, 2.24) is 15.1 Å². The highest BCUT2D eigenvalue weighted by molar-refractivity contribution is 7.91. The van der Waals surface area contributed by atoms with Crippen molar-refractivity contribution in [1.29, 1.82) is 0 Å².